The van der Waals surface area contributed by atoms with E-state index in [1.165, 1.54) is 0 Å². The third-order valence-corrected chi connectivity index (χ3v) is 4.34. The SMILES string of the molecule is CCOc1cc(C(=O)c2cc(OCC)c(OCC)c(OCC)c2)cc(OCC)c1OCC. The smallest absolute Gasteiger partial charge is 0.203 e. The Morgan fingerprint density at radius 3 is 0.969 bits per heavy atom. The van der Waals surface area contributed by atoms with Crippen LogP contribution < -0.4 is 28.4 Å². The molecule has 2 aromatic rings. The van der Waals surface area contributed by atoms with Crippen LogP contribution in [0.1, 0.15) is 57.5 Å². The van der Waals surface area contributed by atoms with Gasteiger partial charge in [-0.05, 0) is 65.8 Å². The predicted molar refractivity (Wildman–Crippen MR) is 123 cm³/mol. The van der Waals surface area contributed by atoms with E-state index in [-0.39, 0.29) is 5.78 Å². The molecule has 176 valence electrons. The summed E-state index contributed by atoms with van der Waals surface area (Å²) in [7, 11) is 0. The average Bonchev–Trinajstić information content (AvgIpc) is 2.78. The van der Waals surface area contributed by atoms with Crippen molar-refractivity contribution in [3.63, 3.8) is 0 Å². The van der Waals surface area contributed by atoms with Gasteiger partial charge in [0.1, 0.15) is 0 Å². The zero-order valence-corrected chi connectivity index (χ0v) is 19.9. The molecule has 32 heavy (non-hydrogen) atoms. The third kappa shape index (κ3) is 5.99. The molecule has 0 heterocycles. The van der Waals surface area contributed by atoms with Crippen LogP contribution in [-0.2, 0) is 0 Å². The molecule has 0 aliphatic heterocycles. The molecule has 0 saturated carbocycles. The van der Waals surface area contributed by atoms with Crippen LogP contribution in [0, 0.1) is 0 Å². The maximum absolute atomic E-state index is 13.5. The van der Waals surface area contributed by atoms with E-state index in [1.54, 1.807) is 24.3 Å². The van der Waals surface area contributed by atoms with Gasteiger partial charge in [0.05, 0.1) is 39.6 Å². The highest BCUT2D eigenvalue weighted by atomic mass is 16.5. The van der Waals surface area contributed by atoms with Gasteiger partial charge in [-0.2, -0.15) is 0 Å². The van der Waals surface area contributed by atoms with E-state index in [2.05, 4.69) is 0 Å². The van der Waals surface area contributed by atoms with Crippen LogP contribution in [0.5, 0.6) is 34.5 Å². The minimum Gasteiger partial charge on any atom is -0.490 e. The quantitative estimate of drug-likeness (QED) is 0.364. The zero-order chi connectivity index (χ0) is 23.5. The summed E-state index contributed by atoms with van der Waals surface area (Å²) in [6.07, 6.45) is 0. The van der Waals surface area contributed by atoms with Crippen LogP contribution in [0.25, 0.3) is 0 Å². The summed E-state index contributed by atoms with van der Waals surface area (Å²) in [5, 5.41) is 0. The Hall–Kier alpha value is -3.09. The maximum atomic E-state index is 13.5. The van der Waals surface area contributed by atoms with Crippen molar-refractivity contribution < 1.29 is 33.2 Å². The molecule has 0 atom stereocenters. The Labute approximate surface area is 190 Å². The lowest BCUT2D eigenvalue weighted by Crippen LogP contribution is -2.09. The van der Waals surface area contributed by atoms with Crippen LogP contribution in [0.4, 0.5) is 0 Å². The van der Waals surface area contributed by atoms with E-state index < -0.39 is 0 Å². The molecule has 0 N–H and O–H groups in total. The van der Waals surface area contributed by atoms with Crippen LogP contribution in [0.2, 0.25) is 0 Å². The van der Waals surface area contributed by atoms with Crippen molar-refractivity contribution in [2.45, 2.75) is 41.5 Å². The van der Waals surface area contributed by atoms with Gasteiger partial charge in [0.25, 0.3) is 0 Å². The first-order valence-electron chi connectivity index (χ1n) is 11.2. The molecule has 7 heteroatoms. The number of hydrogen-bond acceptors (Lipinski definition) is 7. The van der Waals surface area contributed by atoms with E-state index >= 15 is 0 Å². The number of ether oxygens (including phenoxy) is 6. The molecule has 0 fully saturated rings. The predicted octanol–water partition coefficient (Wildman–Crippen LogP) is 5.31. The number of benzene rings is 2. The lowest BCUT2D eigenvalue weighted by Gasteiger charge is -2.18. The molecule has 7 nitrogen and oxygen atoms in total. The summed E-state index contributed by atoms with van der Waals surface area (Å²) in [5.41, 5.74) is 0.823. The number of rotatable bonds is 14. The lowest BCUT2D eigenvalue weighted by atomic mass is 10.0. The molecule has 2 rings (SSSR count). The van der Waals surface area contributed by atoms with Crippen molar-refractivity contribution >= 4 is 5.78 Å². The molecule has 0 unspecified atom stereocenters. The Morgan fingerprint density at radius 2 is 0.750 bits per heavy atom. The average molecular weight is 447 g/mol. The summed E-state index contributed by atoms with van der Waals surface area (Å²) in [5.74, 6) is 2.61. The van der Waals surface area contributed by atoms with Gasteiger partial charge in [0, 0.05) is 11.1 Å². The van der Waals surface area contributed by atoms with E-state index in [0.29, 0.717) is 85.3 Å². The fourth-order valence-electron chi connectivity index (χ4n) is 3.21. The molecule has 0 saturated heterocycles. The first-order chi connectivity index (χ1) is 15.5. The minimum absolute atomic E-state index is 0.222. The molecule has 0 spiro atoms. The summed E-state index contributed by atoms with van der Waals surface area (Å²) in [6.45, 7) is 13.9. The molecule has 0 radical (unpaired) electrons. The third-order valence-electron chi connectivity index (χ3n) is 4.34. The standard InChI is InChI=1S/C25H34O7/c1-7-27-19-13-17(14-20(28-8-2)24(19)31-11-5)23(26)18-15-21(29-9-3)25(32-12-6)22(16-18)30-10-4/h13-16H,7-12H2,1-6H3. The molecule has 0 amide bonds. The molecule has 0 aliphatic carbocycles. The molecular weight excluding hydrogens is 412 g/mol. The van der Waals surface area contributed by atoms with Gasteiger partial charge >= 0.3 is 0 Å². The Bertz CT molecular complexity index is 766. The first kappa shape index (κ1) is 25.2. The normalized spacial score (nSPS) is 10.4. The number of ketones is 1. The molecule has 0 bridgehead atoms. The van der Waals surface area contributed by atoms with Gasteiger partial charge in [-0.3, -0.25) is 4.79 Å². The van der Waals surface area contributed by atoms with E-state index in [0.717, 1.165) is 0 Å². The highest BCUT2D eigenvalue weighted by Gasteiger charge is 2.23. The molecule has 0 aromatic heterocycles. The van der Waals surface area contributed by atoms with Gasteiger partial charge < -0.3 is 28.4 Å². The van der Waals surface area contributed by atoms with Gasteiger partial charge in [-0.25, -0.2) is 0 Å². The first-order valence-corrected chi connectivity index (χ1v) is 11.2. The summed E-state index contributed by atoms with van der Waals surface area (Å²) in [4.78, 5) is 13.5. The van der Waals surface area contributed by atoms with Crippen molar-refractivity contribution in [2.75, 3.05) is 39.6 Å². The van der Waals surface area contributed by atoms with Crippen molar-refractivity contribution in [3.05, 3.63) is 35.4 Å². The second kappa shape index (κ2) is 12.7. The molecular formula is C25H34O7. The second-order valence-electron chi connectivity index (χ2n) is 6.53. The zero-order valence-electron chi connectivity index (χ0n) is 19.9. The van der Waals surface area contributed by atoms with E-state index in [9.17, 15) is 4.79 Å². The lowest BCUT2D eigenvalue weighted by molar-refractivity contribution is 0.103. The Balaban J connectivity index is 2.61. The van der Waals surface area contributed by atoms with Crippen LogP contribution in [0.3, 0.4) is 0 Å². The van der Waals surface area contributed by atoms with E-state index in [1.807, 2.05) is 41.5 Å². The Morgan fingerprint density at radius 1 is 0.500 bits per heavy atom. The van der Waals surface area contributed by atoms with Crippen molar-refractivity contribution in [1.29, 1.82) is 0 Å². The summed E-state index contributed by atoms with van der Waals surface area (Å²) in [6, 6.07) is 6.71. The van der Waals surface area contributed by atoms with E-state index in [4.69, 9.17) is 28.4 Å². The van der Waals surface area contributed by atoms with Gasteiger partial charge in [-0.15, -0.1) is 0 Å². The topological polar surface area (TPSA) is 72.5 Å². The second-order valence-corrected chi connectivity index (χ2v) is 6.53. The van der Waals surface area contributed by atoms with Gasteiger partial charge in [0.2, 0.25) is 11.5 Å². The highest BCUT2D eigenvalue weighted by Crippen LogP contribution is 2.42. The van der Waals surface area contributed by atoms with Gasteiger partial charge in [0.15, 0.2) is 28.8 Å². The summed E-state index contributed by atoms with van der Waals surface area (Å²) < 4.78 is 34.5. The fourth-order valence-corrected chi connectivity index (χ4v) is 3.21. The van der Waals surface area contributed by atoms with Gasteiger partial charge in [-0.1, -0.05) is 0 Å². The molecule has 2 aromatic carbocycles. The highest BCUT2D eigenvalue weighted by molar-refractivity contribution is 6.10. The van der Waals surface area contributed by atoms with Crippen LogP contribution in [-0.4, -0.2) is 45.4 Å². The molecule has 0 aliphatic rings. The van der Waals surface area contributed by atoms with Crippen molar-refractivity contribution in [2.24, 2.45) is 0 Å². The van der Waals surface area contributed by atoms with Crippen molar-refractivity contribution in [3.8, 4) is 34.5 Å². The number of hydrogen-bond donors (Lipinski definition) is 0. The van der Waals surface area contributed by atoms with Crippen molar-refractivity contribution in [1.82, 2.24) is 0 Å². The fraction of sp³-hybridized carbons (Fsp3) is 0.480. The maximum Gasteiger partial charge on any atom is 0.203 e. The van der Waals surface area contributed by atoms with Crippen LogP contribution in [0.15, 0.2) is 24.3 Å². The Kier molecular flexibility index (Phi) is 9.98. The number of carbonyl (C=O) groups is 1. The largest absolute Gasteiger partial charge is 0.490 e. The monoisotopic (exact) mass is 446 g/mol. The van der Waals surface area contributed by atoms with Crippen LogP contribution >= 0.6 is 0 Å². The number of carbonyl (C=O) groups excluding carboxylic acids is 1. The summed E-state index contributed by atoms with van der Waals surface area (Å²) >= 11 is 0. The minimum atomic E-state index is -0.222.